The summed E-state index contributed by atoms with van der Waals surface area (Å²) in [4.78, 5) is 16.4. The molecule has 23 heavy (non-hydrogen) atoms. The summed E-state index contributed by atoms with van der Waals surface area (Å²) in [6, 6.07) is 9.95. The molecule has 0 atom stereocenters. The highest BCUT2D eigenvalue weighted by molar-refractivity contribution is 6.03. The number of carbonyl (C=O) groups excluding carboxylic acids is 1. The molecule has 0 aliphatic heterocycles. The fourth-order valence-corrected chi connectivity index (χ4v) is 2.27. The van der Waals surface area contributed by atoms with Gasteiger partial charge in [-0.05, 0) is 19.4 Å². The quantitative estimate of drug-likeness (QED) is 0.783. The maximum Gasteiger partial charge on any atom is 0.261 e. The summed E-state index contributed by atoms with van der Waals surface area (Å²) in [6.45, 7) is 5.11. The van der Waals surface area contributed by atoms with Crippen molar-refractivity contribution in [2.45, 2.75) is 26.9 Å². The Kier molecular flexibility index (Phi) is 4.18. The number of carbonyl (C=O) groups is 1. The Labute approximate surface area is 134 Å². The summed E-state index contributed by atoms with van der Waals surface area (Å²) >= 11 is 0. The van der Waals surface area contributed by atoms with Crippen molar-refractivity contribution in [1.82, 2.24) is 24.5 Å². The van der Waals surface area contributed by atoms with E-state index < -0.39 is 0 Å². The van der Waals surface area contributed by atoms with Gasteiger partial charge in [0.1, 0.15) is 6.33 Å². The van der Waals surface area contributed by atoms with Gasteiger partial charge >= 0.3 is 0 Å². The van der Waals surface area contributed by atoms with Crippen molar-refractivity contribution in [3.05, 3.63) is 59.7 Å². The molecule has 0 spiro atoms. The summed E-state index contributed by atoms with van der Waals surface area (Å²) in [6.07, 6.45) is 3.33. The van der Waals surface area contributed by atoms with E-state index in [-0.39, 0.29) is 11.9 Å². The van der Waals surface area contributed by atoms with E-state index in [0.717, 1.165) is 12.1 Å². The summed E-state index contributed by atoms with van der Waals surface area (Å²) in [5.41, 5.74) is 2.34. The Morgan fingerprint density at radius 2 is 1.96 bits per heavy atom. The van der Waals surface area contributed by atoms with Crippen LogP contribution in [0.25, 0.3) is 0 Å². The van der Waals surface area contributed by atoms with E-state index >= 15 is 0 Å². The topological polar surface area (TPSA) is 77.6 Å². The summed E-state index contributed by atoms with van der Waals surface area (Å²) in [5.74, 6) is 0.0363. The molecule has 3 rings (SSSR count). The van der Waals surface area contributed by atoms with Crippen LogP contribution in [0.1, 0.15) is 28.5 Å². The molecule has 0 radical (unpaired) electrons. The number of nitrogens with zero attached hydrogens (tertiary/aromatic N) is 5. The van der Waals surface area contributed by atoms with Crippen LogP contribution in [-0.2, 0) is 13.1 Å². The first kappa shape index (κ1) is 15.0. The van der Waals surface area contributed by atoms with E-state index in [0.29, 0.717) is 17.8 Å². The second-order valence-corrected chi connectivity index (χ2v) is 5.19. The smallest absolute Gasteiger partial charge is 0.261 e. The molecule has 118 valence electrons. The van der Waals surface area contributed by atoms with E-state index in [1.807, 2.05) is 44.2 Å². The molecular weight excluding hydrogens is 292 g/mol. The van der Waals surface area contributed by atoms with Crippen LogP contribution in [0.2, 0.25) is 0 Å². The molecule has 0 unspecified atom stereocenters. The van der Waals surface area contributed by atoms with Crippen LogP contribution in [0, 0.1) is 6.92 Å². The van der Waals surface area contributed by atoms with Gasteiger partial charge in [-0.3, -0.25) is 14.8 Å². The van der Waals surface area contributed by atoms with Gasteiger partial charge in [0.15, 0.2) is 0 Å². The molecule has 0 aliphatic rings. The van der Waals surface area contributed by atoms with Crippen molar-refractivity contribution in [2.75, 3.05) is 5.32 Å². The number of aryl methyl sites for hydroxylation is 2. The Bertz CT molecular complexity index is 805. The number of nitrogens with one attached hydrogen (secondary N) is 1. The zero-order valence-electron chi connectivity index (χ0n) is 13.1. The molecule has 0 bridgehead atoms. The highest BCUT2D eigenvalue weighted by Crippen LogP contribution is 2.09. The van der Waals surface area contributed by atoms with Crippen LogP contribution in [0.3, 0.4) is 0 Å². The minimum absolute atomic E-state index is 0.250. The van der Waals surface area contributed by atoms with Gasteiger partial charge in [-0.2, -0.15) is 5.10 Å². The third kappa shape index (κ3) is 3.45. The van der Waals surface area contributed by atoms with Gasteiger partial charge in [-0.1, -0.05) is 30.3 Å². The van der Waals surface area contributed by atoms with E-state index in [2.05, 4.69) is 20.5 Å². The third-order valence-electron chi connectivity index (χ3n) is 3.46. The van der Waals surface area contributed by atoms with Crippen molar-refractivity contribution in [3.63, 3.8) is 0 Å². The molecule has 0 saturated carbocycles. The minimum Gasteiger partial charge on any atom is -0.289 e. The first-order valence-electron chi connectivity index (χ1n) is 7.44. The lowest BCUT2D eigenvalue weighted by Gasteiger charge is -2.01. The minimum atomic E-state index is -0.250. The predicted molar refractivity (Wildman–Crippen MR) is 86.2 cm³/mol. The Hall–Kier alpha value is -2.96. The van der Waals surface area contributed by atoms with Crippen LogP contribution >= 0.6 is 0 Å². The van der Waals surface area contributed by atoms with Crippen molar-refractivity contribution in [2.24, 2.45) is 0 Å². The molecule has 3 aromatic rings. The Morgan fingerprint density at radius 1 is 1.17 bits per heavy atom. The standard InChI is InChI=1S/C16H18N6O/c1-3-21-10-14(12(2)19-21)15(23)18-16-17-11-22(20-16)9-13-7-5-4-6-8-13/h4-8,10-11H,3,9H2,1-2H3,(H,18,20,23). The van der Waals surface area contributed by atoms with Crippen LogP contribution in [0.15, 0.2) is 42.9 Å². The first-order chi connectivity index (χ1) is 11.2. The van der Waals surface area contributed by atoms with Crippen molar-refractivity contribution >= 4 is 11.9 Å². The summed E-state index contributed by atoms with van der Waals surface area (Å²) in [7, 11) is 0. The second-order valence-electron chi connectivity index (χ2n) is 5.19. The van der Waals surface area contributed by atoms with E-state index in [1.165, 1.54) is 0 Å². The number of rotatable bonds is 5. The van der Waals surface area contributed by atoms with E-state index in [1.54, 1.807) is 21.9 Å². The average Bonchev–Trinajstić information content (AvgIpc) is 3.14. The fraction of sp³-hybridized carbons (Fsp3) is 0.250. The molecule has 1 amide bonds. The lowest BCUT2D eigenvalue weighted by atomic mass is 10.2. The molecule has 2 aromatic heterocycles. The van der Waals surface area contributed by atoms with Crippen LogP contribution in [0.5, 0.6) is 0 Å². The zero-order valence-corrected chi connectivity index (χ0v) is 13.1. The molecule has 7 nitrogen and oxygen atoms in total. The lowest BCUT2D eigenvalue weighted by molar-refractivity contribution is 0.102. The maximum absolute atomic E-state index is 12.3. The molecule has 1 N–H and O–H groups in total. The molecule has 0 fully saturated rings. The van der Waals surface area contributed by atoms with E-state index in [4.69, 9.17) is 0 Å². The summed E-state index contributed by atoms with van der Waals surface area (Å²) in [5, 5.41) is 11.2. The number of anilines is 1. The van der Waals surface area contributed by atoms with Gasteiger partial charge < -0.3 is 0 Å². The van der Waals surface area contributed by atoms with Crippen molar-refractivity contribution < 1.29 is 4.79 Å². The predicted octanol–water partition coefficient (Wildman–Crippen LogP) is 2.10. The molecule has 0 saturated heterocycles. The van der Waals surface area contributed by atoms with Gasteiger partial charge in [0.25, 0.3) is 5.91 Å². The highest BCUT2D eigenvalue weighted by atomic mass is 16.1. The maximum atomic E-state index is 12.3. The van der Waals surface area contributed by atoms with Gasteiger partial charge in [0.2, 0.25) is 5.95 Å². The van der Waals surface area contributed by atoms with Crippen LogP contribution < -0.4 is 5.32 Å². The number of amides is 1. The number of hydrogen-bond donors (Lipinski definition) is 1. The van der Waals surface area contributed by atoms with Gasteiger partial charge in [-0.25, -0.2) is 9.67 Å². The molecule has 2 heterocycles. The summed E-state index contributed by atoms with van der Waals surface area (Å²) < 4.78 is 3.42. The van der Waals surface area contributed by atoms with Gasteiger partial charge in [0, 0.05) is 12.7 Å². The lowest BCUT2D eigenvalue weighted by Crippen LogP contribution is -2.14. The van der Waals surface area contributed by atoms with E-state index in [9.17, 15) is 4.79 Å². The molecule has 7 heteroatoms. The van der Waals surface area contributed by atoms with Crippen molar-refractivity contribution in [3.8, 4) is 0 Å². The first-order valence-corrected chi connectivity index (χ1v) is 7.44. The van der Waals surface area contributed by atoms with Gasteiger partial charge in [-0.15, -0.1) is 5.10 Å². The average molecular weight is 310 g/mol. The largest absolute Gasteiger partial charge is 0.289 e. The Morgan fingerprint density at radius 3 is 2.65 bits per heavy atom. The molecular formula is C16H18N6O. The van der Waals surface area contributed by atoms with Gasteiger partial charge in [0.05, 0.1) is 17.8 Å². The molecule has 1 aromatic carbocycles. The zero-order chi connectivity index (χ0) is 16.2. The normalized spacial score (nSPS) is 10.7. The number of hydrogen-bond acceptors (Lipinski definition) is 4. The SMILES string of the molecule is CCn1cc(C(=O)Nc2ncn(Cc3ccccc3)n2)c(C)n1. The van der Waals surface area contributed by atoms with Crippen LogP contribution in [-0.4, -0.2) is 30.5 Å². The molecule has 0 aliphatic carbocycles. The third-order valence-corrected chi connectivity index (χ3v) is 3.46. The number of aromatic nitrogens is 5. The van der Waals surface area contributed by atoms with Crippen molar-refractivity contribution in [1.29, 1.82) is 0 Å². The fourth-order valence-electron chi connectivity index (χ4n) is 2.27. The Balaban J connectivity index is 1.68. The second kappa shape index (κ2) is 6.43. The number of benzene rings is 1. The highest BCUT2D eigenvalue weighted by Gasteiger charge is 2.15. The monoisotopic (exact) mass is 310 g/mol. The van der Waals surface area contributed by atoms with Crippen LogP contribution in [0.4, 0.5) is 5.95 Å².